The van der Waals surface area contributed by atoms with Crippen molar-refractivity contribution in [2.24, 2.45) is 0 Å². The van der Waals surface area contributed by atoms with E-state index in [1.54, 1.807) is 37.8 Å². The van der Waals surface area contributed by atoms with Crippen molar-refractivity contribution in [1.29, 1.82) is 0 Å². The Morgan fingerprint density at radius 1 is 1.24 bits per heavy atom. The molecule has 6 nitrogen and oxygen atoms in total. The lowest BCUT2D eigenvalue weighted by Gasteiger charge is -2.35. The summed E-state index contributed by atoms with van der Waals surface area (Å²) in [5.74, 6) is 0. The highest BCUT2D eigenvalue weighted by atomic mass is 32.2. The third-order valence-corrected chi connectivity index (χ3v) is 5.47. The Kier molecular flexibility index (Phi) is 5.49. The van der Waals surface area contributed by atoms with E-state index in [0.717, 1.165) is 12.0 Å². The smallest absolute Gasteiger partial charge is 0.410 e. The summed E-state index contributed by atoms with van der Waals surface area (Å²) in [6.45, 7) is 9.55. The Bertz CT molecular complexity index is 721. The molecule has 0 N–H and O–H groups in total. The van der Waals surface area contributed by atoms with Crippen LogP contribution in [0.15, 0.2) is 29.2 Å². The van der Waals surface area contributed by atoms with Crippen LogP contribution in [0.2, 0.25) is 0 Å². The first-order chi connectivity index (χ1) is 11.4. The fraction of sp³-hybridized carbons (Fsp3) is 0.611. The lowest BCUT2D eigenvalue weighted by molar-refractivity contribution is 0.00278. The summed E-state index contributed by atoms with van der Waals surface area (Å²) in [5.41, 5.74) is -0.340. The standard InChI is InChI=1S/C18H27NO5S/c1-14-7-9-15(10-8-14)25(21,22)23-13-18(5)11-6-12-19(18)16(20)24-17(2,3)4/h7-10H,6,11-13H2,1-5H3. The van der Waals surface area contributed by atoms with E-state index in [4.69, 9.17) is 8.92 Å². The second-order valence-corrected chi connectivity index (χ2v) is 9.38. The molecule has 0 radical (unpaired) electrons. The van der Waals surface area contributed by atoms with E-state index in [9.17, 15) is 13.2 Å². The summed E-state index contributed by atoms with van der Waals surface area (Å²) < 4.78 is 35.5. The molecule has 1 unspecified atom stereocenters. The van der Waals surface area contributed by atoms with Crippen LogP contribution in [0, 0.1) is 6.92 Å². The summed E-state index contributed by atoms with van der Waals surface area (Å²) in [6.07, 6.45) is 1.00. The van der Waals surface area contributed by atoms with E-state index < -0.39 is 27.4 Å². The minimum Gasteiger partial charge on any atom is -0.444 e. The number of hydrogen-bond acceptors (Lipinski definition) is 5. The van der Waals surface area contributed by atoms with Gasteiger partial charge in [-0.2, -0.15) is 8.42 Å². The maximum atomic E-state index is 12.4. The van der Waals surface area contributed by atoms with Gasteiger partial charge in [-0.05, 0) is 59.6 Å². The van der Waals surface area contributed by atoms with Gasteiger partial charge in [0, 0.05) is 6.54 Å². The molecule has 1 fully saturated rings. The molecule has 2 rings (SSSR count). The average Bonchev–Trinajstić information content (AvgIpc) is 2.87. The topological polar surface area (TPSA) is 72.9 Å². The van der Waals surface area contributed by atoms with Gasteiger partial charge in [-0.25, -0.2) is 4.79 Å². The zero-order chi connectivity index (χ0) is 18.9. The highest BCUT2D eigenvalue weighted by Crippen LogP contribution is 2.32. The lowest BCUT2D eigenvalue weighted by Crippen LogP contribution is -2.50. The van der Waals surface area contributed by atoms with Crippen LogP contribution in [0.3, 0.4) is 0 Å². The zero-order valence-corrected chi connectivity index (χ0v) is 16.4. The van der Waals surface area contributed by atoms with Crippen LogP contribution in [0.5, 0.6) is 0 Å². The van der Waals surface area contributed by atoms with Crippen molar-refractivity contribution in [3.8, 4) is 0 Å². The van der Waals surface area contributed by atoms with Crippen molar-refractivity contribution in [3.63, 3.8) is 0 Å². The highest BCUT2D eigenvalue weighted by Gasteiger charge is 2.43. The number of nitrogens with zero attached hydrogens (tertiary/aromatic N) is 1. The Morgan fingerprint density at radius 3 is 2.40 bits per heavy atom. The number of carbonyl (C=O) groups is 1. The molecule has 1 saturated heterocycles. The van der Waals surface area contributed by atoms with Crippen molar-refractivity contribution in [1.82, 2.24) is 4.90 Å². The van der Waals surface area contributed by atoms with Gasteiger partial charge in [0.1, 0.15) is 5.60 Å². The number of likely N-dealkylation sites (tertiary alicyclic amines) is 1. The van der Waals surface area contributed by atoms with Crippen molar-refractivity contribution in [2.45, 2.75) is 63.5 Å². The number of rotatable bonds is 4. The van der Waals surface area contributed by atoms with Gasteiger partial charge in [-0.15, -0.1) is 0 Å². The van der Waals surface area contributed by atoms with Gasteiger partial charge in [-0.1, -0.05) is 17.7 Å². The van der Waals surface area contributed by atoms with Crippen LogP contribution >= 0.6 is 0 Å². The fourth-order valence-electron chi connectivity index (χ4n) is 2.78. The molecule has 0 saturated carbocycles. The van der Waals surface area contributed by atoms with Gasteiger partial charge in [0.2, 0.25) is 0 Å². The van der Waals surface area contributed by atoms with E-state index >= 15 is 0 Å². The molecule has 1 atom stereocenters. The molecule has 0 aromatic heterocycles. The molecule has 1 aromatic rings. The first-order valence-corrected chi connectivity index (χ1v) is 9.81. The van der Waals surface area contributed by atoms with Crippen LogP contribution < -0.4 is 0 Å². The first kappa shape index (κ1) is 19.7. The second kappa shape index (κ2) is 6.96. The summed E-state index contributed by atoms with van der Waals surface area (Å²) >= 11 is 0. The lowest BCUT2D eigenvalue weighted by atomic mass is 10.0. The zero-order valence-electron chi connectivity index (χ0n) is 15.5. The predicted octanol–water partition coefficient (Wildman–Crippen LogP) is 3.49. The number of benzene rings is 1. The molecule has 0 bridgehead atoms. The van der Waals surface area contributed by atoms with Crippen LogP contribution in [0.1, 0.15) is 46.1 Å². The number of amides is 1. The molecule has 0 spiro atoms. The van der Waals surface area contributed by atoms with Crippen molar-refractivity contribution < 1.29 is 22.1 Å². The summed E-state index contributed by atoms with van der Waals surface area (Å²) in [7, 11) is -3.87. The molecule has 25 heavy (non-hydrogen) atoms. The Labute approximate surface area is 150 Å². The molecule has 1 amide bonds. The number of aryl methyl sites for hydroxylation is 1. The third-order valence-electron chi connectivity index (χ3n) is 4.20. The predicted molar refractivity (Wildman–Crippen MR) is 94.9 cm³/mol. The SMILES string of the molecule is Cc1ccc(S(=O)(=O)OCC2(C)CCCN2C(=O)OC(C)(C)C)cc1. The van der Waals surface area contributed by atoms with Gasteiger partial charge >= 0.3 is 6.09 Å². The molecule has 0 aliphatic carbocycles. The van der Waals surface area contributed by atoms with Gasteiger partial charge in [0.25, 0.3) is 10.1 Å². The Morgan fingerprint density at radius 2 is 1.84 bits per heavy atom. The minimum absolute atomic E-state index is 0.0948. The first-order valence-electron chi connectivity index (χ1n) is 8.40. The van der Waals surface area contributed by atoms with Crippen molar-refractivity contribution in [3.05, 3.63) is 29.8 Å². The Hall–Kier alpha value is -1.60. The quantitative estimate of drug-likeness (QED) is 0.760. The third kappa shape index (κ3) is 4.95. The van der Waals surface area contributed by atoms with E-state index in [0.29, 0.717) is 13.0 Å². The molecule has 140 valence electrons. The molecular weight excluding hydrogens is 342 g/mol. The van der Waals surface area contributed by atoms with Crippen LogP contribution in [0.4, 0.5) is 4.79 Å². The number of hydrogen-bond donors (Lipinski definition) is 0. The number of carbonyl (C=O) groups excluding carboxylic acids is 1. The molecule has 1 heterocycles. The summed E-state index contributed by atoms with van der Waals surface area (Å²) in [6, 6.07) is 6.49. The maximum Gasteiger partial charge on any atom is 0.410 e. The summed E-state index contributed by atoms with van der Waals surface area (Å²) in [4.78, 5) is 14.1. The summed E-state index contributed by atoms with van der Waals surface area (Å²) in [5, 5.41) is 0. The second-order valence-electron chi connectivity index (χ2n) is 7.76. The van der Waals surface area contributed by atoms with Gasteiger partial charge in [-0.3, -0.25) is 4.18 Å². The minimum atomic E-state index is -3.87. The van der Waals surface area contributed by atoms with Crippen LogP contribution in [0.25, 0.3) is 0 Å². The van der Waals surface area contributed by atoms with Crippen LogP contribution in [-0.2, 0) is 19.0 Å². The van der Waals surface area contributed by atoms with E-state index in [2.05, 4.69) is 0 Å². The number of ether oxygens (including phenoxy) is 1. The van der Waals surface area contributed by atoms with Crippen LogP contribution in [-0.4, -0.2) is 43.7 Å². The molecule has 1 aliphatic rings. The van der Waals surface area contributed by atoms with E-state index in [1.807, 2.05) is 13.8 Å². The van der Waals surface area contributed by atoms with E-state index in [-0.39, 0.29) is 11.5 Å². The molecule has 1 aliphatic heterocycles. The van der Waals surface area contributed by atoms with Crippen molar-refractivity contribution >= 4 is 16.2 Å². The average molecular weight is 369 g/mol. The monoisotopic (exact) mass is 369 g/mol. The van der Waals surface area contributed by atoms with Crippen molar-refractivity contribution in [2.75, 3.05) is 13.2 Å². The highest BCUT2D eigenvalue weighted by molar-refractivity contribution is 7.86. The van der Waals surface area contributed by atoms with Gasteiger partial charge in [0.05, 0.1) is 17.0 Å². The maximum absolute atomic E-state index is 12.4. The van der Waals surface area contributed by atoms with Gasteiger partial charge < -0.3 is 9.64 Å². The fourth-order valence-corrected chi connectivity index (χ4v) is 3.79. The normalized spacial score (nSPS) is 21.4. The molecular formula is C18H27NO5S. The Balaban J connectivity index is 2.09. The largest absolute Gasteiger partial charge is 0.444 e. The van der Waals surface area contributed by atoms with E-state index in [1.165, 1.54) is 12.1 Å². The van der Waals surface area contributed by atoms with Gasteiger partial charge in [0.15, 0.2) is 0 Å². The molecule has 1 aromatic carbocycles. The molecule has 7 heteroatoms.